The van der Waals surface area contributed by atoms with Gasteiger partial charge >= 0.3 is 0 Å². The number of hydrogen-bond acceptors (Lipinski definition) is 4. The molecular weight excluding hydrogens is 945 g/mol. The second kappa shape index (κ2) is 17.1. The molecule has 12 aromatic carbocycles. The molecule has 1 aliphatic carbocycles. The van der Waals surface area contributed by atoms with Crippen LogP contribution in [0.5, 0.6) is 0 Å². The van der Waals surface area contributed by atoms with Crippen LogP contribution in [0.4, 0.5) is 34.1 Å². The summed E-state index contributed by atoms with van der Waals surface area (Å²) in [4.78, 5) is 5.03. The molecule has 0 bridgehead atoms. The van der Waals surface area contributed by atoms with Crippen LogP contribution >= 0.6 is 22.7 Å². The van der Waals surface area contributed by atoms with Gasteiger partial charge in [0.1, 0.15) is 0 Å². The van der Waals surface area contributed by atoms with Crippen LogP contribution in [-0.2, 0) is 5.41 Å². The van der Waals surface area contributed by atoms with Gasteiger partial charge in [-0.15, -0.1) is 22.7 Å². The monoisotopic (exact) mass is 992 g/mol. The van der Waals surface area contributed by atoms with Gasteiger partial charge in [0, 0.05) is 58.9 Å². The predicted octanol–water partition coefficient (Wildman–Crippen LogP) is 21.3. The third-order valence-electron chi connectivity index (χ3n) is 15.8. The van der Waals surface area contributed by atoms with Gasteiger partial charge < -0.3 is 9.80 Å². The molecule has 0 fully saturated rings. The van der Waals surface area contributed by atoms with Crippen molar-refractivity contribution in [2.75, 3.05) is 9.80 Å². The molecule has 0 N–H and O–H groups in total. The van der Waals surface area contributed by atoms with E-state index < -0.39 is 0 Å². The first kappa shape index (κ1) is 43.8. The molecular formula is C71H48N2S2. The zero-order valence-electron chi connectivity index (χ0n) is 41.5. The average molecular weight is 993 g/mol. The maximum absolute atomic E-state index is 2.52. The van der Waals surface area contributed by atoms with E-state index in [1.54, 1.807) is 0 Å². The van der Waals surface area contributed by atoms with Crippen molar-refractivity contribution in [1.29, 1.82) is 0 Å². The first-order valence-corrected chi connectivity index (χ1v) is 27.5. The van der Waals surface area contributed by atoms with E-state index in [1.165, 1.54) is 118 Å². The van der Waals surface area contributed by atoms with Crippen LogP contribution in [0.2, 0.25) is 0 Å². The van der Waals surface area contributed by atoms with Crippen LogP contribution in [0, 0.1) is 0 Å². The summed E-state index contributed by atoms with van der Waals surface area (Å²) in [5.74, 6) is 0. The lowest BCUT2D eigenvalue weighted by Gasteiger charge is -2.37. The maximum atomic E-state index is 2.52. The van der Waals surface area contributed by atoms with Gasteiger partial charge in [-0.1, -0.05) is 202 Å². The van der Waals surface area contributed by atoms with Gasteiger partial charge in [-0.2, -0.15) is 0 Å². The van der Waals surface area contributed by atoms with Crippen molar-refractivity contribution >= 4 is 119 Å². The zero-order chi connectivity index (χ0) is 49.8. The van der Waals surface area contributed by atoms with E-state index in [0.717, 1.165) is 22.7 Å². The number of para-hydroxylation sites is 2. The Morgan fingerprint density at radius 3 is 1.37 bits per heavy atom. The minimum atomic E-state index is -0.325. The molecule has 354 valence electrons. The van der Waals surface area contributed by atoms with E-state index in [1.807, 2.05) is 22.7 Å². The van der Waals surface area contributed by atoms with Gasteiger partial charge in [-0.25, -0.2) is 0 Å². The quantitative estimate of drug-likeness (QED) is 0.140. The second-order valence-electron chi connectivity index (χ2n) is 20.4. The average Bonchev–Trinajstić information content (AvgIpc) is 4.06. The van der Waals surface area contributed by atoms with Gasteiger partial charge in [0.15, 0.2) is 0 Å². The number of fused-ring (bicyclic) bond motifs is 10. The largest absolute Gasteiger partial charge is 0.308 e. The van der Waals surface area contributed by atoms with Crippen LogP contribution < -0.4 is 9.80 Å². The van der Waals surface area contributed by atoms with Crippen LogP contribution in [0.3, 0.4) is 0 Å². The van der Waals surface area contributed by atoms with E-state index in [0.29, 0.717) is 0 Å². The first-order valence-electron chi connectivity index (χ1n) is 25.8. The number of rotatable bonds is 8. The first-order chi connectivity index (χ1) is 37.0. The van der Waals surface area contributed by atoms with Crippen molar-refractivity contribution in [3.8, 4) is 33.4 Å². The lowest BCUT2D eigenvalue weighted by molar-refractivity contribution is 0.645. The topological polar surface area (TPSA) is 6.48 Å². The van der Waals surface area contributed by atoms with E-state index in [4.69, 9.17) is 0 Å². The molecule has 0 radical (unpaired) electrons. The van der Waals surface area contributed by atoms with E-state index in [2.05, 4.69) is 278 Å². The fourth-order valence-corrected chi connectivity index (χ4v) is 14.7. The lowest BCUT2D eigenvalue weighted by Crippen LogP contribution is -2.24. The third kappa shape index (κ3) is 6.83. The SMILES string of the molecule is CC1(C)c2cc(N(c3ccccc3-c3ccccc3)c3cccc4c3sc3ccccc34)ccc2-c2cc3ccc(N(c4ccccc4-c4ccccc4)c4cccc5c4sc4ccccc45)cc3c3cccc1c23. The Morgan fingerprint density at radius 2 is 0.773 bits per heavy atom. The van der Waals surface area contributed by atoms with E-state index in [9.17, 15) is 0 Å². The molecule has 0 unspecified atom stereocenters. The Bertz CT molecular complexity index is 4580. The number of benzene rings is 12. The number of hydrogen-bond donors (Lipinski definition) is 0. The molecule has 2 heterocycles. The fraction of sp³-hybridized carbons (Fsp3) is 0.0423. The highest BCUT2D eigenvalue weighted by molar-refractivity contribution is 7.26. The summed E-state index contributed by atoms with van der Waals surface area (Å²) in [6.45, 7) is 4.85. The fourth-order valence-electron chi connectivity index (χ4n) is 12.3. The summed E-state index contributed by atoms with van der Waals surface area (Å²) in [7, 11) is 0. The van der Waals surface area contributed by atoms with E-state index in [-0.39, 0.29) is 5.41 Å². The summed E-state index contributed by atoms with van der Waals surface area (Å²) >= 11 is 3.76. The number of anilines is 6. The third-order valence-corrected chi connectivity index (χ3v) is 18.2. The highest BCUT2D eigenvalue weighted by Gasteiger charge is 2.35. The number of nitrogens with zero attached hydrogens (tertiary/aromatic N) is 2. The van der Waals surface area contributed by atoms with Crippen molar-refractivity contribution in [3.63, 3.8) is 0 Å². The van der Waals surface area contributed by atoms with Gasteiger partial charge in [0.05, 0.1) is 32.1 Å². The molecule has 0 saturated heterocycles. The molecule has 0 saturated carbocycles. The molecule has 2 nitrogen and oxygen atoms in total. The number of thiophene rings is 2. The summed E-state index contributed by atoms with van der Waals surface area (Å²) in [6.07, 6.45) is 0. The van der Waals surface area contributed by atoms with Crippen molar-refractivity contribution < 1.29 is 0 Å². The molecule has 0 atom stereocenters. The zero-order valence-corrected chi connectivity index (χ0v) is 43.1. The van der Waals surface area contributed by atoms with Gasteiger partial charge in [-0.05, 0) is 122 Å². The smallest absolute Gasteiger partial charge is 0.0640 e. The Labute approximate surface area is 444 Å². The Balaban J connectivity index is 0.934. The van der Waals surface area contributed by atoms with Crippen LogP contribution in [0.1, 0.15) is 25.0 Å². The van der Waals surface area contributed by atoms with Crippen LogP contribution in [-0.4, -0.2) is 0 Å². The van der Waals surface area contributed by atoms with Crippen LogP contribution in [0.15, 0.2) is 255 Å². The highest BCUT2D eigenvalue weighted by atomic mass is 32.1. The molecule has 2 aromatic heterocycles. The molecule has 14 aromatic rings. The predicted molar refractivity (Wildman–Crippen MR) is 325 cm³/mol. The standard InChI is InChI=1S/C71H48N2S2/c1-71(2)60-31-17-28-55-58-43-48(72(62-32-13-9-24-50(62)45-20-5-3-6-21-45)64-34-18-29-56-53-26-11-15-36-66(53)74-69(56)64)39-38-47(58)42-59(68(55)60)52-41-40-49(44-61(52)71)73(63-33-14-10-25-51(63)46-22-7-4-8-23-46)65-35-19-30-57-54-27-12-16-37-67(54)75-70(57)65/h3-44H,1-2H3. The molecule has 0 spiro atoms. The molecule has 15 rings (SSSR count). The van der Waals surface area contributed by atoms with Gasteiger partial charge in [0.2, 0.25) is 0 Å². The molecule has 4 heteroatoms. The maximum Gasteiger partial charge on any atom is 0.0640 e. The van der Waals surface area contributed by atoms with Crippen LogP contribution in [0.25, 0.3) is 95.3 Å². The van der Waals surface area contributed by atoms with Crippen molar-refractivity contribution in [3.05, 3.63) is 266 Å². The highest BCUT2D eigenvalue weighted by Crippen LogP contribution is 2.55. The summed E-state index contributed by atoms with van der Waals surface area (Å²) in [5, 5.41) is 10.2. The van der Waals surface area contributed by atoms with Gasteiger partial charge in [0.25, 0.3) is 0 Å². The normalized spacial score (nSPS) is 12.8. The van der Waals surface area contributed by atoms with Gasteiger partial charge in [-0.3, -0.25) is 0 Å². The molecule has 75 heavy (non-hydrogen) atoms. The Hall–Kier alpha value is -8.80. The minimum absolute atomic E-state index is 0.325. The Morgan fingerprint density at radius 1 is 0.307 bits per heavy atom. The minimum Gasteiger partial charge on any atom is -0.308 e. The molecule has 0 aliphatic heterocycles. The second-order valence-corrected chi connectivity index (χ2v) is 22.5. The summed E-state index contributed by atoms with van der Waals surface area (Å²) in [6, 6.07) is 94.7. The molecule has 1 aliphatic rings. The lowest BCUT2D eigenvalue weighted by atomic mass is 9.68. The summed E-state index contributed by atoms with van der Waals surface area (Å²) in [5.41, 5.74) is 16.6. The van der Waals surface area contributed by atoms with E-state index >= 15 is 0 Å². The van der Waals surface area contributed by atoms with Crippen molar-refractivity contribution in [2.24, 2.45) is 0 Å². The van der Waals surface area contributed by atoms with Crippen molar-refractivity contribution in [2.45, 2.75) is 19.3 Å². The summed E-state index contributed by atoms with van der Waals surface area (Å²) < 4.78 is 5.15. The molecule has 0 amide bonds. The Kier molecular flexibility index (Phi) is 10.0. The van der Waals surface area contributed by atoms with Crippen molar-refractivity contribution in [1.82, 2.24) is 0 Å².